The summed E-state index contributed by atoms with van der Waals surface area (Å²) in [6, 6.07) is 8.34. The van der Waals surface area contributed by atoms with E-state index in [0.29, 0.717) is 6.54 Å². The summed E-state index contributed by atoms with van der Waals surface area (Å²) in [4.78, 5) is 26.8. The summed E-state index contributed by atoms with van der Waals surface area (Å²) in [5, 5.41) is 5.76. The van der Waals surface area contributed by atoms with Gasteiger partial charge < -0.3 is 10.6 Å². The summed E-state index contributed by atoms with van der Waals surface area (Å²) < 4.78 is 0. The van der Waals surface area contributed by atoms with Gasteiger partial charge in [-0.15, -0.1) is 0 Å². The molecule has 3 rings (SSSR count). The topological polar surface area (TPSA) is 61.4 Å². The first-order valence-electron chi connectivity index (χ1n) is 10.8. The summed E-state index contributed by atoms with van der Waals surface area (Å²) >= 11 is 0. The first-order valence-corrected chi connectivity index (χ1v) is 10.8. The van der Waals surface area contributed by atoms with Gasteiger partial charge in [0.25, 0.3) is 0 Å². The van der Waals surface area contributed by atoms with Gasteiger partial charge in [0.05, 0.1) is 6.54 Å². The molecule has 2 N–H and O–H groups in total. The van der Waals surface area contributed by atoms with Crippen molar-refractivity contribution in [2.24, 2.45) is 17.8 Å². The zero-order chi connectivity index (χ0) is 19.9. The van der Waals surface area contributed by atoms with Crippen LogP contribution >= 0.6 is 0 Å². The second-order valence-corrected chi connectivity index (χ2v) is 8.88. The normalized spacial score (nSPS) is 23.5. The zero-order valence-electron chi connectivity index (χ0n) is 17.4. The highest BCUT2D eigenvalue weighted by molar-refractivity contribution is 5.85. The first-order chi connectivity index (χ1) is 13.5. The standard InChI is InChI=1S/C23H35N3O2/c1-17-11-18(2)15-26(14-17)16-21-10-6-5-9-20(21)12-24-22(27)13-25-23(28)19-7-3-4-8-19/h5-6,9-10,17-19H,3-4,7-8,11-16H2,1-2H3,(H,24,27)(H,25,28). The molecular weight excluding hydrogens is 350 g/mol. The van der Waals surface area contributed by atoms with Crippen LogP contribution in [0.5, 0.6) is 0 Å². The van der Waals surface area contributed by atoms with Crippen molar-refractivity contribution < 1.29 is 9.59 Å². The molecule has 2 unspecified atom stereocenters. The molecule has 0 aromatic heterocycles. The van der Waals surface area contributed by atoms with Gasteiger partial charge in [-0.2, -0.15) is 0 Å². The number of piperidine rings is 1. The Kier molecular flexibility index (Phi) is 7.49. The van der Waals surface area contributed by atoms with Crippen LogP contribution in [0.2, 0.25) is 0 Å². The van der Waals surface area contributed by atoms with Gasteiger partial charge in [0.2, 0.25) is 11.8 Å². The average molecular weight is 386 g/mol. The summed E-state index contributed by atoms with van der Waals surface area (Å²) in [5.74, 6) is 1.48. The molecule has 1 saturated heterocycles. The van der Waals surface area contributed by atoms with Crippen LogP contribution in [0.1, 0.15) is 57.1 Å². The van der Waals surface area contributed by atoms with Crippen molar-refractivity contribution in [1.82, 2.24) is 15.5 Å². The zero-order valence-corrected chi connectivity index (χ0v) is 17.4. The molecule has 1 aromatic carbocycles. The summed E-state index contributed by atoms with van der Waals surface area (Å²) in [5.41, 5.74) is 2.43. The highest BCUT2D eigenvalue weighted by Crippen LogP contribution is 2.25. The summed E-state index contributed by atoms with van der Waals surface area (Å²) in [6.07, 6.45) is 5.45. The fraction of sp³-hybridized carbons (Fsp3) is 0.652. The highest BCUT2D eigenvalue weighted by atomic mass is 16.2. The number of rotatable bonds is 7. The van der Waals surface area contributed by atoms with Crippen LogP contribution in [0.15, 0.2) is 24.3 Å². The van der Waals surface area contributed by atoms with Crippen LogP contribution in [0.25, 0.3) is 0 Å². The molecule has 0 bridgehead atoms. The van der Waals surface area contributed by atoms with E-state index in [9.17, 15) is 9.59 Å². The Morgan fingerprint density at radius 1 is 1.00 bits per heavy atom. The van der Waals surface area contributed by atoms with E-state index in [1.165, 1.54) is 12.0 Å². The molecular formula is C23H35N3O2. The molecule has 1 aliphatic heterocycles. The highest BCUT2D eigenvalue weighted by Gasteiger charge is 2.23. The maximum absolute atomic E-state index is 12.2. The van der Waals surface area contributed by atoms with Gasteiger partial charge in [-0.05, 0) is 42.2 Å². The van der Waals surface area contributed by atoms with Gasteiger partial charge in [-0.25, -0.2) is 0 Å². The average Bonchev–Trinajstić information content (AvgIpc) is 3.19. The molecule has 0 spiro atoms. The molecule has 1 saturated carbocycles. The van der Waals surface area contributed by atoms with E-state index in [0.717, 1.165) is 62.7 Å². The van der Waals surface area contributed by atoms with Crippen LogP contribution in [-0.4, -0.2) is 36.3 Å². The number of nitrogens with one attached hydrogen (secondary N) is 2. The number of benzene rings is 1. The Bertz CT molecular complexity index is 660. The molecule has 154 valence electrons. The van der Waals surface area contributed by atoms with Crippen molar-refractivity contribution in [3.63, 3.8) is 0 Å². The van der Waals surface area contributed by atoms with Crippen LogP contribution < -0.4 is 10.6 Å². The maximum atomic E-state index is 12.2. The van der Waals surface area contributed by atoms with Crippen molar-refractivity contribution in [2.75, 3.05) is 19.6 Å². The monoisotopic (exact) mass is 385 g/mol. The van der Waals surface area contributed by atoms with E-state index in [1.807, 2.05) is 6.07 Å². The largest absolute Gasteiger partial charge is 0.350 e. The Hall–Kier alpha value is -1.88. The minimum Gasteiger partial charge on any atom is -0.350 e. The van der Waals surface area contributed by atoms with Crippen LogP contribution in [0.4, 0.5) is 0 Å². The van der Waals surface area contributed by atoms with Crippen LogP contribution in [-0.2, 0) is 22.7 Å². The lowest BCUT2D eigenvalue weighted by atomic mass is 9.91. The predicted molar refractivity (Wildman–Crippen MR) is 111 cm³/mol. The van der Waals surface area contributed by atoms with E-state index >= 15 is 0 Å². The van der Waals surface area contributed by atoms with Gasteiger partial charge >= 0.3 is 0 Å². The van der Waals surface area contributed by atoms with Crippen molar-refractivity contribution in [3.8, 4) is 0 Å². The molecule has 28 heavy (non-hydrogen) atoms. The third-order valence-corrected chi connectivity index (χ3v) is 6.08. The van der Waals surface area contributed by atoms with Crippen molar-refractivity contribution in [2.45, 2.75) is 59.0 Å². The molecule has 2 amide bonds. The minimum atomic E-state index is -0.124. The van der Waals surface area contributed by atoms with Crippen LogP contribution in [0, 0.1) is 17.8 Å². The molecule has 0 radical (unpaired) electrons. The van der Waals surface area contributed by atoms with Gasteiger partial charge in [-0.1, -0.05) is 51.0 Å². The Labute approximate surface area is 169 Å². The number of hydrogen-bond donors (Lipinski definition) is 2. The molecule has 2 fully saturated rings. The van der Waals surface area contributed by atoms with Crippen molar-refractivity contribution in [3.05, 3.63) is 35.4 Å². The second-order valence-electron chi connectivity index (χ2n) is 8.88. The van der Waals surface area contributed by atoms with E-state index in [2.05, 4.69) is 47.6 Å². The third kappa shape index (κ3) is 6.06. The van der Waals surface area contributed by atoms with Gasteiger partial charge in [0.15, 0.2) is 0 Å². The fourth-order valence-corrected chi connectivity index (χ4v) is 4.80. The summed E-state index contributed by atoms with van der Waals surface area (Å²) in [6.45, 7) is 8.44. The molecule has 2 aliphatic rings. The molecule has 1 heterocycles. The smallest absolute Gasteiger partial charge is 0.239 e. The second kappa shape index (κ2) is 10.1. The lowest BCUT2D eigenvalue weighted by Crippen LogP contribution is -2.39. The van der Waals surface area contributed by atoms with E-state index in [4.69, 9.17) is 0 Å². The lowest BCUT2D eigenvalue weighted by molar-refractivity contribution is -0.128. The molecule has 1 aromatic rings. The molecule has 1 aliphatic carbocycles. The third-order valence-electron chi connectivity index (χ3n) is 6.08. The SMILES string of the molecule is CC1CC(C)CN(Cc2ccccc2CNC(=O)CNC(=O)C2CCCC2)C1. The number of hydrogen-bond acceptors (Lipinski definition) is 3. The van der Waals surface area contributed by atoms with E-state index in [-0.39, 0.29) is 24.3 Å². The van der Waals surface area contributed by atoms with Crippen molar-refractivity contribution in [1.29, 1.82) is 0 Å². The van der Waals surface area contributed by atoms with E-state index in [1.54, 1.807) is 0 Å². The molecule has 2 atom stereocenters. The first kappa shape index (κ1) is 20.8. The van der Waals surface area contributed by atoms with Gasteiger partial charge in [0, 0.05) is 32.1 Å². The number of carbonyl (C=O) groups is 2. The Morgan fingerprint density at radius 3 is 2.32 bits per heavy atom. The predicted octanol–water partition coefficient (Wildman–Crippen LogP) is 3.09. The van der Waals surface area contributed by atoms with Gasteiger partial charge in [0.1, 0.15) is 0 Å². The number of amides is 2. The van der Waals surface area contributed by atoms with E-state index < -0.39 is 0 Å². The Balaban J connectivity index is 1.47. The fourth-order valence-electron chi connectivity index (χ4n) is 4.80. The van der Waals surface area contributed by atoms with Crippen LogP contribution in [0.3, 0.4) is 0 Å². The number of likely N-dealkylation sites (tertiary alicyclic amines) is 1. The quantitative estimate of drug-likeness (QED) is 0.758. The Morgan fingerprint density at radius 2 is 1.64 bits per heavy atom. The summed E-state index contributed by atoms with van der Waals surface area (Å²) in [7, 11) is 0. The lowest BCUT2D eigenvalue weighted by Gasteiger charge is -2.35. The number of nitrogens with zero attached hydrogens (tertiary/aromatic N) is 1. The van der Waals surface area contributed by atoms with Crippen molar-refractivity contribution >= 4 is 11.8 Å². The van der Waals surface area contributed by atoms with Gasteiger partial charge in [-0.3, -0.25) is 14.5 Å². The molecule has 5 heteroatoms. The number of carbonyl (C=O) groups excluding carboxylic acids is 2. The molecule has 5 nitrogen and oxygen atoms in total. The maximum Gasteiger partial charge on any atom is 0.239 e. The minimum absolute atomic E-state index is 0.0291.